The second-order valence-electron chi connectivity index (χ2n) is 8.47. The van der Waals surface area contributed by atoms with Crippen molar-refractivity contribution < 1.29 is 13.8 Å². The van der Waals surface area contributed by atoms with Gasteiger partial charge in [0.25, 0.3) is 5.69 Å². The van der Waals surface area contributed by atoms with Crippen LogP contribution in [0.25, 0.3) is 22.7 Å². The lowest BCUT2D eigenvalue weighted by atomic mass is 10.1. The van der Waals surface area contributed by atoms with E-state index in [0.717, 1.165) is 5.56 Å². The molecule has 0 spiro atoms. The molecular formula is C27H17BrCl2FN5O3S. The number of benzene rings is 3. The van der Waals surface area contributed by atoms with Crippen molar-refractivity contribution in [3.05, 3.63) is 118 Å². The van der Waals surface area contributed by atoms with Crippen LogP contribution in [0.2, 0.25) is 10.0 Å². The Kier molecular flexibility index (Phi) is 8.27. The molecule has 3 aromatic carbocycles. The molecule has 0 radical (unpaired) electrons. The summed E-state index contributed by atoms with van der Waals surface area (Å²) in [6, 6.07) is 17.1. The molecule has 5 rings (SSSR count). The average molecular weight is 661 g/mol. The minimum absolute atomic E-state index is 0.117. The highest BCUT2D eigenvalue weighted by atomic mass is 79.9. The number of nitro benzene ring substituents is 1. The zero-order valence-corrected chi connectivity index (χ0v) is 24.4. The van der Waals surface area contributed by atoms with E-state index in [1.807, 2.05) is 6.92 Å². The number of nitro groups is 1. The van der Waals surface area contributed by atoms with E-state index in [1.54, 1.807) is 53.9 Å². The van der Waals surface area contributed by atoms with E-state index in [1.165, 1.54) is 40.4 Å². The van der Waals surface area contributed by atoms with Crippen LogP contribution in [0, 0.1) is 15.9 Å². The number of halogens is 4. The second-order valence-corrected chi connectivity index (χ2v) is 11.1. The van der Waals surface area contributed by atoms with Gasteiger partial charge in [0.1, 0.15) is 17.2 Å². The minimum Gasteiger partial charge on any atom is -0.354 e. The van der Waals surface area contributed by atoms with Crippen LogP contribution in [0.5, 0.6) is 0 Å². The smallest absolute Gasteiger partial charge is 0.279 e. The molecule has 0 fully saturated rings. The first-order valence-corrected chi connectivity index (χ1v) is 14.0. The van der Waals surface area contributed by atoms with E-state index < -0.39 is 4.92 Å². The quantitative estimate of drug-likeness (QED) is 0.0992. The third kappa shape index (κ3) is 6.07. The van der Waals surface area contributed by atoms with Gasteiger partial charge in [-0.1, -0.05) is 50.4 Å². The summed E-state index contributed by atoms with van der Waals surface area (Å²) in [6.07, 6.45) is 1.39. The molecule has 0 saturated heterocycles. The molecule has 8 nitrogen and oxygen atoms in total. The summed E-state index contributed by atoms with van der Waals surface area (Å²) in [4.78, 5) is 16.5. The van der Waals surface area contributed by atoms with Crippen molar-refractivity contribution in [3.63, 3.8) is 0 Å². The van der Waals surface area contributed by atoms with Crippen LogP contribution in [0.15, 0.2) is 91.2 Å². The van der Waals surface area contributed by atoms with Crippen molar-refractivity contribution in [3.8, 4) is 22.7 Å². The first kappa shape index (κ1) is 27.9. The Morgan fingerprint density at radius 2 is 1.93 bits per heavy atom. The zero-order chi connectivity index (χ0) is 28.4. The number of rotatable bonds is 7. The maximum absolute atomic E-state index is 13.4. The molecule has 1 unspecified atom stereocenters. The van der Waals surface area contributed by atoms with Crippen LogP contribution in [-0.2, 0) is 0 Å². The van der Waals surface area contributed by atoms with Crippen molar-refractivity contribution in [2.24, 2.45) is 10.1 Å². The van der Waals surface area contributed by atoms with Crippen LogP contribution < -0.4 is 4.80 Å². The molecule has 13 heteroatoms. The van der Waals surface area contributed by atoms with E-state index in [4.69, 9.17) is 32.7 Å². The van der Waals surface area contributed by atoms with Crippen LogP contribution in [0.4, 0.5) is 10.1 Å². The summed E-state index contributed by atoms with van der Waals surface area (Å²) in [5.41, 5.74) is 2.62. The van der Waals surface area contributed by atoms with Crippen LogP contribution >= 0.6 is 50.5 Å². The standard InChI is InChI=1S/C27H17BrCl2FN5O3S/c1-15(21-9-6-19(29)11-22(21)30)33-27-35(32-13-17-2-5-18(28)10-24(17)36(37)38)25(14-40-27)26-12-23(34-39-26)16-3-7-20(31)8-4-16/h2-15H,1H3/b32-13+,33-27?. The van der Waals surface area contributed by atoms with Gasteiger partial charge >= 0.3 is 0 Å². The van der Waals surface area contributed by atoms with Crippen molar-refractivity contribution >= 4 is 62.4 Å². The van der Waals surface area contributed by atoms with Gasteiger partial charge in [-0.3, -0.25) is 10.1 Å². The number of aromatic nitrogens is 2. The predicted octanol–water partition coefficient (Wildman–Crippen LogP) is 8.53. The summed E-state index contributed by atoms with van der Waals surface area (Å²) < 4.78 is 21.1. The molecule has 2 heterocycles. The molecule has 40 heavy (non-hydrogen) atoms. The molecule has 0 saturated carbocycles. The number of hydrogen-bond acceptors (Lipinski definition) is 7. The van der Waals surface area contributed by atoms with Gasteiger partial charge in [-0.25, -0.2) is 14.1 Å². The fraction of sp³-hybridized carbons (Fsp3) is 0.0741. The first-order valence-electron chi connectivity index (χ1n) is 11.6. The van der Waals surface area contributed by atoms with Gasteiger partial charge in [0, 0.05) is 37.6 Å². The molecule has 1 atom stereocenters. The lowest BCUT2D eigenvalue weighted by Crippen LogP contribution is -2.13. The largest absolute Gasteiger partial charge is 0.354 e. The SMILES string of the molecule is CC(N=c1scc(-c2cc(-c3ccc(F)cc3)no2)n1/N=C/c1ccc(Br)cc1[N+](=O)[O-])c1ccc(Cl)cc1Cl. The van der Waals surface area contributed by atoms with Gasteiger partial charge in [-0.05, 0) is 61.0 Å². The summed E-state index contributed by atoms with van der Waals surface area (Å²) >= 11 is 17.0. The van der Waals surface area contributed by atoms with Crippen LogP contribution in [0.1, 0.15) is 24.1 Å². The van der Waals surface area contributed by atoms with Gasteiger partial charge in [0.15, 0.2) is 5.76 Å². The Morgan fingerprint density at radius 1 is 1.15 bits per heavy atom. The fourth-order valence-corrected chi connectivity index (χ4v) is 5.62. The Morgan fingerprint density at radius 3 is 2.65 bits per heavy atom. The fourth-order valence-electron chi connectivity index (χ4n) is 3.80. The maximum Gasteiger partial charge on any atom is 0.279 e. The van der Waals surface area contributed by atoms with Crippen molar-refractivity contribution in [1.82, 2.24) is 9.83 Å². The predicted molar refractivity (Wildman–Crippen MR) is 157 cm³/mol. The molecule has 0 amide bonds. The van der Waals surface area contributed by atoms with E-state index in [2.05, 4.69) is 26.2 Å². The molecule has 0 N–H and O–H groups in total. The molecule has 5 aromatic rings. The highest BCUT2D eigenvalue weighted by molar-refractivity contribution is 9.10. The van der Waals surface area contributed by atoms with Gasteiger partial charge in [-0.15, -0.1) is 11.3 Å². The Hall–Kier alpha value is -3.64. The van der Waals surface area contributed by atoms with E-state index in [9.17, 15) is 14.5 Å². The van der Waals surface area contributed by atoms with Gasteiger partial charge in [0.2, 0.25) is 4.80 Å². The average Bonchev–Trinajstić information content (AvgIpc) is 3.55. The molecule has 0 aliphatic carbocycles. The van der Waals surface area contributed by atoms with Crippen molar-refractivity contribution in [1.29, 1.82) is 0 Å². The van der Waals surface area contributed by atoms with E-state index in [-0.39, 0.29) is 17.5 Å². The summed E-state index contributed by atoms with van der Waals surface area (Å²) in [6.45, 7) is 1.88. The molecule has 0 aliphatic heterocycles. The Balaban J connectivity index is 1.62. The normalized spacial score (nSPS) is 12.8. The third-order valence-corrected chi connectivity index (χ3v) is 7.69. The lowest BCUT2D eigenvalue weighted by molar-refractivity contribution is -0.385. The van der Waals surface area contributed by atoms with Gasteiger partial charge in [0.05, 0.1) is 22.7 Å². The number of thiazole rings is 1. The van der Waals surface area contributed by atoms with Gasteiger partial charge in [-0.2, -0.15) is 5.10 Å². The van der Waals surface area contributed by atoms with Crippen LogP contribution in [0.3, 0.4) is 0 Å². The molecule has 0 bridgehead atoms. The lowest BCUT2D eigenvalue weighted by Gasteiger charge is -2.09. The van der Waals surface area contributed by atoms with E-state index in [0.29, 0.717) is 47.6 Å². The third-order valence-electron chi connectivity index (χ3n) is 5.81. The molecular weight excluding hydrogens is 644 g/mol. The Bertz CT molecular complexity index is 1820. The number of hydrogen-bond donors (Lipinski definition) is 0. The Labute approximate surface area is 249 Å². The van der Waals surface area contributed by atoms with E-state index >= 15 is 0 Å². The summed E-state index contributed by atoms with van der Waals surface area (Å²) in [7, 11) is 0. The number of nitrogens with zero attached hydrogens (tertiary/aromatic N) is 5. The highest BCUT2D eigenvalue weighted by Gasteiger charge is 2.17. The summed E-state index contributed by atoms with van der Waals surface area (Å²) in [5, 5.41) is 23.1. The second kappa shape index (κ2) is 11.8. The van der Waals surface area contributed by atoms with Crippen molar-refractivity contribution in [2.45, 2.75) is 13.0 Å². The van der Waals surface area contributed by atoms with Crippen LogP contribution in [-0.4, -0.2) is 21.0 Å². The monoisotopic (exact) mass is 659 g/mol. The van der Waals surface area contributed by atoms with Crippen molar-refractivity contribution in [2.75, 3.05) is 0 Å². The molecule has 2 aromatic heterocycles. The van der Waals surface area contributed by atoms with Gasteiger partial charge < -0.3 is 4.52 Å². The zero-order valence-electron chi connectivity index (χ0n) is 20.5. The molecule has 0 aliphatic rings. The summed E-state index contributed by atoms with van der Waals surface area (Å²) in [5.74, 6) is 0.0114. The highest BCUT2D eigenvalue weighted by Crippen LogP contribution is 2.30. The topological polar surface area (TPSA) is 98.8 Å². The molecule has 202 valence electrons. The maximum atomic E-state index is 13.4. The first-order chi connectivity index (χ1) is 19.2. The minimum atomic E-state index is -0.480.